The highest BCUT2D eigenvalue weighted by atomic mass is 16.6. The van der Waals surface area contributed by atoms with Crippen LogP contribution in [0.25, 0.3) is 0 Å². The van der Waals surface area contributed by atoms with Gasteiger partial charge >= 0.3 is 11.9 Å². The number of carbonyl (C=O) groups excluding carboxylic acids is 2. The minimum Gasteiger partial charge on any atom is -0.481 e. The summed E-state index contributed by atoms with van der Waals surface area (Å²) in [5.41, 5.74) is 0. The number of ether oxygens (including phenoxy) is 2. The SMILES string of the molecule is C.COC(C)C(=O)OCC(CC(=O)O)C(C)=O.[2HH]. The van der Waals surface area contributed by atoms with Crippen molar-refractivity contribution in [2.45, 2.75) is 33.8 Å². The topological polar surface area (TPSA) is 89.9 Å². The van der Waals surface area contributed by atoms with E-state index in [1.807, 2.05) is 0 Å². The lowest BCUT2D eigenvalue weighted by molar-refractivity contribution is -0.157. The molecule has 0 fully saturated rings. The Balaban J connectivity index is -0.00000112. The van der Waals surface area contributed by atoms with Gasteiger partial charge in [0.25, 0.3) is 0 Å². The number of rotatable bonds is 7. The van der Waals surface area contributed by atoms with Crippen LogP contribution in [0.1, 0.15) is 29.1 Å². The van der Waals surface area contributed by atoms with Gasteiger partial charge < -0.3 is 14.6 Å². The van der Waals surface area contributed by atoms with E-state index in [2.05, 4.69) is 0 Å². The number of aliphatic carboxylic acids is 1. The van der Waals surface area contributed by atoms with Crippen molar-refractivity contribution in [3.8, 4) is 0 Å². The highest BCUT2D eigenvalue weighted by Gasteiger charge is 2.21. The van der Waals surface area contributed by atoms with Crippen molar-refractivity contribution in [1.29, 1.82) is 0 Å². The highest BCUT2D eigenvalue weighted by molar-refractivity contribution is 5.83. The van der Waals surface area contributed by atoms with Crippen molar-refractivity contribution in [2.24, 2.45) is 5.92 Å². The summed E-state index contributed by atoms with van der Waals surface area (Å²) < 4.78 is 9.48. The van der Waals surface area contributed by atoms with Crippen LogP contribution in [0, 0.1) is 5.92 Å². The molecule has 0 aliphatic carbocycles. The average Bonchev–Trinajstić information content (AvgIpc) is 2.21. The zero-order valence-electron chi connectivity index (χ0n) is 9.56. The largest absolute Gasteiger partial charge is 0.481 e. The van der Waals surface area contributed by atoms with Crippen molar-refractivity contribution >= 4 is 17.7 Å². The molecule has 0 aromatic carbocycles. The number of hydrogen-bond donors (Lipinski definition) is 1. The third kappa shape index (κ3) is 7.46. The Morgan fingerprint density at radius 1 is 1.35 bits per heavy atom. The van der Waals surface area contributed by atoms with Crippen LogP contribution in [-0.4, -0.2) is 42.6 Å². The zero-order valence-corrected chi connectivity index (χ0v) is 9.56. The summed E-state index contributed by atoms with van der Waals surface area (Å²) in [7, 11) is 1.35. The predicted molar refractivity (Wildman–Crippen MR) is 62.7 cm³/mol. The van der Waals surface area contributed by atoms with E-state index in [4.69, 9.17) is 14.6 Å². The molecule has 0 aromatic rings. The molecule has 0 saturated carbocycles. The normalized spacial score (nSPS) is 13.1. The molecule has 0 aliphatic heterocycles. The fraction of sp³-hybridized carbons (Fsp3) is 0.727. The van der Waals surface area contributed by atoms with Gasteiger partial charge in [-0.1, -0.05) is 7.43 Å². The van der Waals surface area contributed by atoms with Gasteiger partial charge in [0.2, 0.25) is 0 Å². The smallest absolute Gasteiger partial charge is 0.334 e. The Labute approximate surface area is 102 Å². The standard InChI is InChI=1S/C10H16O6.CH4.H2/c1-6(11)8(4-9(12)13)5-16-10(14)7(2)15-3;;/h7-8H,4-5H2,1-3H3,(H,12,13);1H4;1H/i;;1+1. The van der Waals surface area contributed by atoms with E-state index in [0.717, 1.165) is 0 Å². The van der Waals surface area contributed by atoms with Gasteiger partial charge in [-0.25, -0.2) is 4.79 Å². The number of esters is 1. The van der Waals surface area contributed by atoms with E-state index in [0.29, 0.717) is 0 Å². The van der Waals surface area contributed by atoms with Crippen molar-refractivity contribution in [2.75, 3.05) is 13.7 Å². The van der Waals surface area contributed by atoms with Gasteiger partial charge in [-0.3, -0.25) is 9.59 Å². The van der Waals surface area contributed by atoms with Crippen LogP contribution < -0.4 is 0 Å². The summed E-state index contributed by atoms with van der Waals surface area (Å²) >= 11 is 0. The second-order valence-electron chi connectivity index (χ2n) is 3.41. The van der Waals surface area contributed by atoms with Crippen molar-refractivity contribution in [3.63, 3.8) is 0 Å². The Kier molecular flexibility index (Phi) is 9.18. The van der Waals surface area contributed by atoms with Crippen molar-refractivity contribution in [1.82, 2.24) is 0 Å². The number of methoxy groups -OCH3 is 1. The molecule has 1 N–H and O–H groups in total. The molecule has 0 bridgehead atoms. The molecule has 0 amide bonds. The maximum Gasteiger partial charge on any atom is 0.334 e. The van der Waals surface area contributed by atoms with Crippen LogP contribution in [-0.2, 0) is 23.9 Å². The molecule has 0 saturated heterocycles. The van der Waals surface area contributed by atoms with Crippen LogP contribution in [0.5, 0.6) is 0 Å². The number of carbonyl (C=O) groups is 3. The summed E-state index contributed by atoms with van der Waals surface area (Å²) in [4.78, 5) is 32.7. The number of carboxylic acid groups (broad SMARTS) is 1. The molecule has 0 rings (SSSR count). The van der Waals surface area contributed by atoms with E-state index in [9.17, 15) is 14.4 Å². The highest BCUT2D eigenvalue weighted by Crippen LogP contribution is 2.06. The first kappa shape index (κ1) is 17.9. The van der Waals surface area contributed by atoms with Gasteiger partial charge in [0, 0.05) is 8.54 Å². The first-order chi connectivity index (χ1) is 7.38. The van der Waals surface area contributed by atoms with Crippen LogP contribution in [0.4, 0.5) is 0 Å². The lowest BCUT2D eigenvalue weighted by atomic mass is 10.0. The maximum absolute atomic E-state index is 11.2. The molecule has 17 heavy (non-hydrogen) atoms. The molecule has 0 heterocycles. The van der Waals surface area contributed by atoms with E-state index in [1.54, 1.807) is 0 Å². The molecular weight excluding hydrogens is 228 g/mol. The first-order valence-corrected chi connectivity index (χ1v) is 4.80. The lowest BCUT2D eigenvalue weighted by Crippen LogP contribution is -2.28. The Morgan fingerprint density at radius 3 is 2.24 bits per heavy atom. The van der Waals surface area contributed by atoms with Gasteiger partial charge in [-0.05, 0) is 13.8 Å². The Hall–Kier alpha value is -1.43. The molecule has 0 aromatic heterocycles. The third-order valence-electron chi connectivity index (χ3n) is 2.11. The van der Waals surface area contributed by atoms with E-state index in [-0.39, 0.29) is 27.7 Å². The molecule has 6 nitrogen and oxygen atoms in total. The minimum atomic E-state index is -1.10. The van der Waals surface area contributed by atoms with E-state index < -0.39 is 24.0 Å². The number of Topliss-reactive ketones (excluding diaryl/α,β-unsaturated/α-hetero) is 1. The summed E-state index contributed by atoms with van der Waals surface area (Å²) in [5, 5.41) is 8.54. The van der Waals surface area contributed by atoms with Gasteiger partial charge in [0.15, 0.2) is 6.10 Å². The van der Waals surface area contributed by atoms with Gasteiger partial charge in [0.05, 0.1) is 12.3 Å². The van der Waals surface area contributed by atoms with Crippen LogP contribution >= 0.6 is 0 Å². The van der Waals surface area contributed by atoms with E-state index >= 15 is 0 Å². The quantitative estimate of drug-likeness (QED) is 0.682. The maximum atomic E-state index is 11.2. The fourth-order valence-corrected chi connectivity index (χ4v) is 0.927. The molecule has 0 aliphatic rings. The Bertz CT molecular complexity index is 279. The second-order valence-corrected chi connectivity index (χ2v) is 3.41. The Morgan fingerprint density at radius 2 is 1.88 bits per heavy atom. The average molecular weight is 251 g/mol. The van der Waals surface area contributed by atoms with Crippen LogP contribution in [0.2, 0.25) is 0 Å². The first-order valence-electron chi connectivity index (χ1n) is 4.80. The minimum absolute atomic E-state index is 0. The molecule has 0 radical (unpaired) electrons. The summed E-state index contributed by atoms with van der Waals surface area (Å²) in [6.07, 6.45) is -1.07. The number of carboxylic acids is 1. The third-order valence-corrected chi connectivity index (χ3v) is 2.11. The summed E-state index contributed by atoms with van der Waals surface area (Å²) in [5.74, 6) is -2.83. The molecule has 0 spiro atoms. The second kappa shape index (κ2) is 8.69. The number of hydrogen-bond acceptors (Lipinski definition) is 5. The van der Waals surface area contributed by atoms with Crippen molar-refractivity contribution in [3.05, 3.63) is 0 Å². The van der Waals surface area contributed by atoms with Gasteiger partial charge in [-0.15, -0.1) is 0 Å². The molecule has 2 unspecified atom stereocenters. The molecule has 102 valence electrons. The molecule has 2 atom stereocenters. The van der Waals surface area contributed by atoms with Crippen LogP contribution in [0.3, 0.4) is 0 Å². The summed E-state index contributed by atoms with van der Waals surface area (Å²) in [6.45, 7) is 2.54. The fourth-order valence-electron chi connectivity index (χ4n) is 0.927. The van der Waals surface area contributed by atoms with Gasteiger partial charge in [0.1, 0.15) is 12.4 Å². The summed E-state index contributed by atoms with van der Waals surface area (Å²) in [6, 6.07) is 0. The zero-order chi connectivity index (χ0) is 12.7. The predicted octanol–water partition coefficient (Wildman–Crippen LogP) is 1.13. The van der Waals surface area contributed by atoms with Crippen molar-refractivity contribution < 1.29 is 30.4 Å². The monoisotopic (exact) mass is 251 g/mol. The molecular formula is C11H22O6. The molecule has 6 heteroatoms. The van der Waals surface area contributed by atoms with Crippen LogP contribution in [0.15, 0.2) is 0 Å². The van der Waals surface area contributed by atoms with E-state index in [1.165, 1.54) is 21.0 Å². The lowest BCUT2D eigenvalue weighted by Gasteiger charge is -2.14. The van der Waals surface area contributed by atoms with Gasteiger partial charge in [-0.2, -0.15) is 0 Å². The number of ketones is 1.